The number of aliphatic carboxylic acids is 1. The first-order chi connectivity index (χ1) is 9.45. The molecule has 2 heterocycles. The number of carboxylic acid groups (broad SMARTS) is 1. The zero-order valence-electron chi connectivity index (χ0n) is 10.9. The summed E-state index contributed by atoms with van der Waals surface area (Å²) >= 11 is 1.33. The summed E-state index contributed by atoms with van der Waals surface area (Å²) in [5, 5.41) is 11.3. The van der Waals surface area contributed by atoms with Gasteiger partial charge in [0.1, 0.15) is 18.6 Å². The largest absolute Gasteiger partial charge is 0.480 e. The molecule has 0 spiro atoms. The number of thioether (sulfide) groups is 1. The van der Waals surface area contributed by atoms with Crippen LogP contribution in [0, 0.1) is 0 Å². The first-order valence-corrected chi connectivity index (χ1v) is 7.32. The highest BCUT2D eigenvalue weighted by atomic mass is 32.2. The normalized spacial score (nSPS) is 26.6. The number of imide groups is 1. The van der Waals surface area contributed by atoms with Crippen LogP contribution in [0.25, 0.3) is 0 Å². The first-order valence-electron chi connectivity index (χ1n) is 6.17. The van der Waals surface area contributed by atoms with Gasteiger partial charge in [0, 0.05) is 5.75 Å². The second kappa shape index (κ2) is 5.70. The Labute approximate surface area is 119 Å². The van der Waals surface area contributed by atoms with Gasteiger partial charge in [0.15, 0.2) is 0 Å². The number of carboxylic acids is 1. The minimum Gasteiger partial charge on any atom is -0.480 e. The lowest BCUT2D eigenvalue weighted by Gasteiger charge is -2.36. The smallest absolute Gasteiger partial charge is 0.327 e. The van der Waals surface area contributed by atoms with E-state index in [0.29, 0.717) is 12.2 Å². The molecule has 2 atom stereocenters. The monoisotopic (exact) mass is 301 g/mol. The molecule has 0 aromatic heterocycles. The summed E-state index contributed by atoms with van der Waals surface area (Å²) in [6, 6.07) is -2.22. The van der Waals surface area contributed by atoms with Crippen molar-refractivity contribution in [3.63, 3.8) is 0 Å². The van der Waals surface area contributed by atoms with Crippen LogP contribution in [0.3, 0.4) is 0 Å². The summed E-state index contributed by atoms with van der Waals surface area (Å²) in [6.45, 7) is 1.50. The van der Waals surface area contributed by atoms with E-state index in [9.17, 15) is 19.2 Å². The third-order valence-electron chi connectivity index (χ3n) is 3.30. The van der Waals surface area contributed by atoms with Gasteiger partial charge in [-0.3, -0.25) is 14.9 Å². The molecule has 110 valence electrons. The molecule has 0 aliphatic carbocycles. The number of piperazine rings is 1. The SMILES string of the molecule is CCC1C(=O)NC(=O)CN1C(=O)N1CSCC1C(=O)O. The number of nitrogens with zero attached hydrogens (tertiary/aromatic N) is 2. The number of carbonyl (C=O) groups excluding carboxylic acids is 3. The third kappa shape index (κ3) is 2.58. The van der Waals surface area contributed by atoms with Gasteiger partial charge in [-0.2, -0.15) is 0 Å². The number of hydrogen-bond acceptors (Lipinski definition) is 5. The number of urea groups is 1. The van der Waals surface area contributed by atoms with E-state index in [-0.39, 0.29) is 12.4 Å². The van der Waals surface area contributed by atoms with Crippen molar-refractivity contribution in [1.82, 2.24) is 15.1 Å². The molecule has 0 aromatic carbocycles. The summed E-state index contributed by atoms with van der Waals surface area (Å²) in [5.74, 6) is -1.59. The van der Waals surface area contributed by atoms with Crippen LogP contribution in [-0.2, 0) is 14.4 Å². The average Bonchev–Trinajstić information content (AvgIpc) is 2.86. The van der Waals surface area contributed by atoms with Crippen LogP contribution in [0.2, 0.25) is 0 Å². The van der Waals surface area contributed by atoms with Gasteiger partial charge in [-0.1, -0.05) is 6.92 Å². The molecule has 20 heavy (non-hydrogen) atoms. The van der Waals surface area contributed by atoms with E-state index < -0.39 is 35.9 Å². The lowest BCUT2D eigenvalue weighted by molar-refractivity contribution is -0.141. The maximum absolute atomic E-state index is 12.4. The molecule has 2 unspecified atom stereocenters. The molecule has 0 radical (unpaired) electrons. The fourth-order valence-electron chi connectivity index (χ4n) is 2.27. The van der Waals surface area contributed by atoms with Gasteiger partial charge in [-0.25, -0.2) is 9.59 Å². The molecule has 4 amide bonds. The second-order valence-corrected chi connectivity index (χ2v) is 5.57. The van der Waals surface area contributed by atoms with Crippen LogP contribution in [0.4, 0.5) is 4.79 Å². The van der Waals surface area contributed by atoms with Gasteiger partial charge in [-0.15, -0.1) is 11.8 Å². The maximum Gasteiger partial charge on any atom is 0.327 e. The van der Waals surface area contributed by atoms with E-state index in [2.05, 4.69) is 5.32 Å². The standard InChI is InChI=1S/C11H15N3O5S/c1-2-6-9(16)12-8(15)3-13(6)11(19)14-5-20-4-7(14)10(17)18/h6-7H,2-5H2,1H3,(H,17,18)(H,12,15,16). The fraction of sp³-hybridized carbons (Fsp3) is 0.636. The quantitative estimate of drug-likeness (QED) is 0.653. The second-order valence-electron chi connectivity index (χ2n) is 4.57. The summed E-state index contributed by atoms with van der Waals surface area (Å²) in [6.07, 6.45) is 0.365. The van der Waals surface area contributed by atoms with Gasteiger partial charge in [0.05, 0.1) is 5.88 Å². The van der Waals surface area contributed by atoms with Gasteiger partial charge in [-0.05, 0) is 6.42 Å². The highest BCUT2D eigenvalue weighted by Crippen LogP contribution is 2.24. The van der Waals surface area contributed by atoms with E-state index in [0.717, 1.165) is 4.90 Å². The molecule has 2 rings (SSSR count). The van der Waals surface area contributed by atoms with E-state index >= 15 is 0 Å². The Morgan fingerprint density at radius 3 is 2.70 bits per heavy atom. The van der Waals surface area contributed by atoms with Crippen molar-refractivity contribution < 1.29 is 24.3 Å². The lowest BCUT2D eigenvalue weighted by atomic mass is 10.1. The molecule has 8 nitrogen and oxygen atoms in total. The minimum atomic E-state index is -1.08. The number of carbonyl (C=O) groups is 4. The fourth-order valence-corrected chi connectivity index (χ4v) is 3.41. The Kier molecular flexibility index (Phi) is 4.17. The van der Waals surface area contributed by atoms with Gasteiger partial charge < -0.3 is 14.9 Å². The Morgan fingerprint density at radius 1 is 1.40 bits per heavy atom. The van der Waals surface area contributed by atoms with Crippen molar-refractivity contribution in [2.24, 2.45) is 0 Å². The van der Waals surface area contributed by atoms with E-state index in [1.807, 2.05) is 0 Å². The van der Waals surface area contributed by atoms with Crippen molar-refractivity contribution in [2.45, 2.75) is 25.4 Å². The molecular formula is C11H15N3O5S. The lowest BCUT2D eigenvalue weighted by Crippen LogP contribution is -2.62. The third-order valence-corrected chi connectivity index (χ3v) is 4.31. The molecule has 2 aliphatic heterocycles. The zero-order chi connectivity index (χ0) is 14.9. The van der Waals surface area contributed by atoms with Crippen molar-refractivity contribution in [1.29, 1.82) is 0 Å². The highest BCUT2D eigenvalue weighted by molar-refractivity contribution is 7.99. The van der Waals surface area contributed by atoms with E-state index in [1.165, 1.54) is 16.7 Å². The van der Waals surface area contributed by atoms with Crippen LogP contribution in [0.1, 0.15) is 13.3 Å². The molecule has 0 aromatic rings. The minimum absolute atomic E-state index is 0.226. The number of hydrogen-bond donors (Lipinski definition) is 2. The van der Waals surface area contributed by atoms with Crippen LogP contribution in [0.5, 0.6) is 0 Å². The topological polar surface area (TPSA) is 107 Å². The summed E-state index contributed by atoms with van der Waals surface area (Å²) in [5.41, 5.74) is 0. The van der Waals surface area contributed by atoms with Gasteiger partial charge in [0.25, 0.3) is 0 Å². The van der Waals surface area contributed by atoms with Crippen LogP contribution in [-0.4, -0.2) is 69.0 Å². The Balaban J connectivity index is 2.19. The van der Waals surface area contributed by atoms with Crippen molar-refractivity contribution >= 4 is 35.6 Å². The molecular weight excluding hydrogens is 286 g/mol. The summed E-state index contributed by atoms with van der Waals surface area (Å²) in [4.78, 5) is 49.0. The molecule has 2 aliphatic rings. The predicted octanol–water partition coefficient (Wildman–Crippen LogP) is -0.697. The van der Waals surface area contributed by atoms with Crippen molar-refractivity contribution in [3.8, 4) is 0 Å². The summed E-state index contributed by atoms with van der Waals surface area (Å²) in [7, 11) is 0. The molecule has 9 heteroatoms. The molecule has 0 saturated carbocycles. The Morgan fingerprint density at radius 2 is 2.10 bits per heavy atom. The highest BCUT2D eigenvalue weighted by Gasteiger charge is 2.42. The van der Waals surface area contributed by atoms with Crippen LogP contribution >= 0.6 is 11.8 Å². The number of amides is 4. The van der Waals surface area contributed by atoms with E-state index in [4.69, 9.17) is 5.11 Å². The van der Waals surface area contributed by atoms with E-state index in [1.54, 1.807) is 6.92 Å². The van der Waals surface area contributed by atoms with Crippen molar-refractivity contribution in [3.05, 3.63) is 0 Å². The Bertz CT molecular complexity index is 469. The maximum atomic E-state index is 12.4. The van der Waals surface area contributed by atoms with Crippen LogP contribution in [0.15, 0.2) is 0 Å². The Hall–Kier alpha value is -1.77. The van der Waals surface area contributed by atoms with Crippen LogP contribution < -0.4 is 5.32 Å². The van der Waals surface area contributed by atoms with Gasteiger partial charge >= 0.3 is 12.0 Å². The van der Waals surface area contributed by atoms with Crippen molar-refractivity contribution in [2.75, 3.05) is 18.2 Å². The summed E-state index contributed by atoms with van der Waals surface area (Å²) < 4.78 is 0. The zero-order valence-corrected chi connectivity index (χ0v) is 11.7. The molecule has 2 fully saturated rings. The van der Waals surface area contributed by atoms with Gasteiger partial charge in [0.2, 0.25) is 11.8 Å². The molecule has 0 bridgehead atoms. The number of rotatable bonds is 2. The predicted molar refractivity (Wildman–Crippen MR) is 69.9 cm³/mol. The molecule has 2 saturated heterocycles. The average molecular weight is 301 g/mol. The molecule has 2 N–H and O–H groups in total. The number of nitrogens with one attached hydrogen (secondary N) is 1. The first kappa shape index (κ1) is 14.6.